The number of halogens is 1. The highest BCUT2D eigenvalue weighted by molar-refractivity contribution is 9.10. The van der Waals surface area contributed by atoms with E-state index in [-0.39, 0.29) is 0 Å². The van der Waals surface area contributed by atoms with Crippen molar-refractivity contribution in [3.05, 3.63) is 34.2 Å². The smallest absolute Gasteiger partial charge is 0.178 e. The Morgan fingerprint density at radius 1 is 1.22 bits per heavy atom. The number of H-pyrrole nitrogens is 1. The van der Waals surface area contributed by atoms with Crippen LogP contribution in [0.25, 0.3) is 22.6 Å². The van der Waals surface area contributed by atoms with Crippen LogP contribution in [0, 0.1) is 13.8 Å². The summed E-state index contributed by atoms with van der Waals surface area (Å²) in [4.78, 5) is 12.4. The van der Waals surface area contributed by atoms with Gasteiger partial charge in [0.05, 0.1) is 31.8 Å². The first kappa shape index (κ1) is 14.7. The number of aromatic amines is 1. The average Bonchev–Trinajstić information content (AvgIpc) is 3.08. The molecule has 4 rings (SSSR count). The van der Waals surface area contributed by atoms with Gasteiger partial charge in [0.15, 0.2) is 5.65 Å². The van der Waals surface area contributed by atoms with E-state index in [1.807, 2.05) is 6.07 Å². The number of pyridine rings is 1. The summed E-state index contributed by atoms with van der Waals surface area (Å²) in [5.74, 6) is 0.859. The van der Waals surface area contributed by atoms with E-state index in [0.29, 0.717) is 0 Å². The van der Waals surface area contributed by atoms with Crippen molar-refractivity contribution >= 4 is 27.1 Å². The van der Waals surface area contributed by atoms with E-state index in [1.165, 1.54) is 11.4 Å². The monoisotopic (exact) mass is 375 g/mol. The molecule has 0 unspecified atom stereocenters. The second-order valence-electron chi connectivity index (χ2n) is 5.77. The summed E-state index contributed by atoms with van der Waals surface area (Å²) in [5, 5.41) is 2.33. The Labute approximate surface area is 142 Å². The maximum Gasteiger partial charge on any atom is 0.178 e. The quantitative estimate of drug-likeness (QED) is 0.747. The number of rotatable bonds is 2. The Balaban J connectivity index is 1.78. The van der Waals surface area contributed by atoms with Gasteiger partial charge in [-0.05, 0) is 41.9 Å². The molecule has 0 aliphatic carbocycles. The van der Waals surface area contributed by atoms with Gasteiger partial charge in [-0.3, -0.25) is 4.68 Å². The SMILES string of the molecule is Cc1cc(-c2nc3ncc(Br)cc3[nH]2)c(C)n1N1CCOCC1. The number of imidazole rings is 1. The fourth-order valence-electron chi connectivity index (χ4n) is 3.18. The second kappa shape index (κ2) is 5.65. The molecule has 0 saturated carbocycles. The molecule has 7 heteroatoms. The highest BCUT2D eigenvalue weighted by Gasteiger charge is 2.19. The van der Waals surface area contributed by atoms with Crippen molar-refractivity contribution in [1.82, 2.24) is 19.6 Å². The molecule has 0 spiro atoms. The maximum atomic E-state index is 5.46. The van der Waals surface area contributed by atoms with Crippen LogP contribution in [0.15, 0.2) is 22.8 Å². The van der Waals surface area contributed by atoms with Gasteiger partial charge in [0.2, 0.25) is 0 Å². The van der Waals surface area contributed by atoms with Crippen molar-refractivity contribution in [3.63, 3.8) is 0 Å². The number of hydrogen-bond acceptors (Lipinski definition) is 4. The summed E-state index contributed by atoms with van der Waals surface area (Å²) in [6.45, 7) is 7.62. The van der Waals surface area contributed by atoms with Crippen LogP contribution in [0.5, 0.6) is 0 Å². The van der Waals surface area contributed by atoms with Gasteiger partial charge in [0.25, 0.3) is 0 Å². The topological polar surface area (TPSA) is 59.0 Å². The van der Waals surface area contributed by atoms with E-state index in [1.54, 1.807) is 6.20 Å². The third-order valence-electron chi connectivity index (χ3n) is 4.22. The molecular formula is C16H18BrN5O. The van der Waals surface area contributed by atoms with E-state index in [9.17, 15) is 0 Å². The molecule has 1 fully saturated rings. The minimum atomic E-state index is 0.736. The van der Waals surface area contributed by atoms with Gasteiger partial charge in [-0.2, -0.15) is 0 Å². The van der Waals surface area contributed by atoms with Gasteiger partial charge in [-0.15, -0.1) is 0 Å². The van der Waals surface area contributed by atoms with Gasteiger partial charge in [-0.25, -0.2) is 9.97 Å². The van der Waals surface area contributed by atoms with Crippen LogP contribution in [0.3, 0.4) is 0 Å². The molecular weight excluding hydrogens is 358 g/mol. The zero-order valence-corrected chi connectivity index (χ0v) is 14.7. The van der Waals surface area contributed by atoms with E-state index >= 15 is 0 Å². The van der Waals surface area contributed by atoms with Crippen LogP contribution >= 0.6 is 15.9 Å². The maximum absolute atomic E-state index is 5.46. The molecule has 0 atom stereocenters. The molecule has 1 saturated heterocycles. The Hall–Kier alpha value is -1.86. The number of hydrogen-bond donors (Lipinski definition) is 1. The Morgan fingerprint density at radius 3 is 2.78 bits per heavy atom. The summed E-state index contributed by atoms with van der Waals surface area (Å²) in [6.07, 6.45) is 1.77. The van der Waals surface area contributed by atoms with Gasteiger partial charge in [0, 0.05) is 27.6 Å². The molecule has 3 aromatic rings. The Kier molecular flexibility index (Phi) is 3.61. The fourth-order valence-corrected chi connectivity index (χ4v) is 3.52. The summed E-state index contributed by atoms with van der Waals surface area (Å²) in [7, 11) is 0. The van der Waals surface area contributed by atoms with Crippen molar-refractivity contribution in [2.75, 3.05) is 31.3 Å². The van der Waals surface area contributed by atoms with Gasteiger partial charge >= 0.3 is 0 Å². The predicted molar refractivity (Wildman–Crippen MR) is 93.3 cm³/mol. The summed E-state index contributed by atoms with van der Waals surface area (Å²) >= 11 is 3.45. The highest BCUT2D eigenvalue weighted by atomic mass is 79.9. The van der Waals surface area contributed by atoms with E-state index < -0.39 is 0 Å². The van der Waals surface area contributed by atoms with Crippen LogP contribution in [-0.2, 0) is 4.74 Å². The molecule has 0 bridgehead atoms. The van der Waals surface area contributed by atoms with Crippen molar-refractivity contribution in [2.24, 2.45) is 0 Å². The van der Waals surface area contributed by atoms with Crippen molar-refractivity contribution in [1.29, 1.82) is 0 Å². The second-order valence-corrected chi connectivity index (χ2v) is 6.69. The molecule has 6 nitrogen and oxygen atoms in total. The average molecular weight is 376 g/mol. The molecule has 4 heterocycles. The first-order valence-corrected chi connectivity index (χ1v) is 8.46. The molecule has 120 valence electrons. The van der Waals surface area contributed by atoms with E-state index in [2.05, 4.69) is 60.5 Å². The number of fused-ring (bicyclic) bond motifs is 1. The van der Waals surface area contributed by atoms with Crippen LogP contribution in [0.4, 0.5) is 0 Å². The highest BCUT2D eigenvalue weighted by Crippen LogP contribution is 2.27. The van der Waals surface area contributed by atoms with Gasteiger partial charge in [0.1, 0.15) is 5.82 Å². The number of aromatic nitrogens is 4. The third kappa shape index (κ3) is 2.53. The lowest BCUT2D eigenvalue weighted by Crippen LogP contribution is -2.44. The first-order chi connectivity index (χ1) is 11.1. The van der Waals surface area contributed by atoms with E-state index in [0.717, 1.165) is 53.3 Å². The van der Waals surface area contributed by atoms with Crippen molar-refractivity contribution in [2.45, 2.75) is 13.8 Å². The largest absolute Gasteiger partial charge is 0.378 e. The third-order valence-corrected chi connectivity index (χ3v) is 4.66. The van der Waals surface area contributed by atoms with Crippen LogP contribution in [0.2, 0.25) is 0 Å². The van der Waals surface area contributed by atoms with E-state index in [4.69, 9.17) is 4.74 Å². The van der Waals surface area contributed by atoms with Gasteiger partial charge in [-0.1, -0.05) is 0 Å². The number of ether oxygens (including phenoxy) is 1. The summed E-state index contributed by atoms with van der Waals surface area (Å²) < 4.78 is 8.67. The molecule has 1 aliphatic rings. The fraction of sp³-hybridized carbons (Fsp3) is 0.375. The zero-order valence-electron chi connectivity index (χ0n) is 13.1. The van der Waals surface area contributed by atoms with Crippen LogP contribution < -0.4 is 5.01 Å². The molecule has 1 aliphatic heterocycles. The molecule has 23 heavy (non-hydrogen) atoms. The molecule has 0 amide bonds. The normalized spacial score (nSPS) is 15.5. The number of aryl methyl sites for hydroxylation is 1. The lowest BCUT2D eigenvalue weighted by Gasteiger charge is -2.32. The lowest BCUT2D eigenvalue weighted by molar-refractivity contribution is 0.110. The summed E-state index contributed by atoms with van der Waals surface area (Å²) in [5.41, 5.74) is 5.17. The Morgan fingerprint density at radius 2 is 2.00 bits per heavy atom. The minimum absolute atomic E-state index is 0.736. The number of morpholine rings is 1. The first-order valence-electron chi connectivity index (χ1n) is 7.67. The standard InChI is InChI=1S/C16H18BrN5O/c1-10-7-13(11(2)22(10)21-3-5-23-6-4-21)15-19-14-8-12(17)9-18-16(14)20-15/h7-9H,3-6H2,1-2H3,(H,18,19,20). The molecule has 1 N–H and O–H groups in total. The molecule has 0 aromatic carbocycles. The zero-order chi connectivity index (χ0) is 16.0. The van der Waals surface area contributed by atoms with Crippen molar-refractivity contribution in [3.8, 4) is 11.4 Å². The van der Waals surface area contributed by atoms with Gasteiger partial charge < -0.3 is 14.7 Å². The van der Waals surface area contributed by atoms with Crippen LogP contribution in [0.1, 0.15) is 11.4 Å². The van der Waals surface area contributed by atoms with Crippen LogP contribution in [-0.4, -0.2) is 45.9 Å². The number of nitrogens with zero attached hydrogens (tertiary/aromatic N) is 4. The predicted octanol–water partition coefficient (Wildman–Crippen LogP) is 2.77. The Bertz CT molecular complexity index is 863. The lowest BCUT2D eigenvalue weighted by atomic mass is 10.2. The minimum Gasteiger partial charge on any atom is -0.378 e. The van der Waals surface area contributed by atoms with Crippen molar-refractivity contribution < 1.29 is 4.74 Å². The molecule has 3 aromatic heterocycles. The molecule has 0 radical (unpaired) electrons. The number of nitrogens with one attached hydrogen (secondary N) is 1. The summed E-state index contributed by atoms with van der Waals surface area (Å²) in [6, 6.07) is 4.18.